The van der Waals surface area contributed by atoms with Crippen molar-refractivity contribution in [1.82, 2.24) is 9.88 Å². The van der Waals surface area contributed by atoms with Crippen molar-refractivity contribution in [3.05, 3.63) is 48.3 Å². The lowest BCUT2D eigenvalue weighted by molar-refractivity contribution is -0.120. The number of ether oxygens (including phenoxy) is 2. The summed E-state index contributed by atoms with van der Waals surface area (Å²) in [5, 5.41) is 0.470. The summed E-state index contributed by atoms with van der Waals surface area (Å²) < 4.78 is 25.7. The van der Waals surface area contributed by atoms with Crippen molar-refractivity contribution >= 4 is 45.0 Å². The zero-order valence-electron chi connectivity index (χ0n) is 17.1. The molecule has 0 saturated heterocycles. The van der Waals surface area contributed by atoms with Crippen LogP contribution in [0.3, 0.4) is 0 Å². The quantitative estimate of drug-likeness (QED) is 0.485. The van der Waals surface area contributed by atoms with Crippen LogP contribution in [0.15, 0.2) is 42.5 Å². The third-order valence-corrected chi connectivity index (χ3v) is 5.34. The van der Waals surface area contributed by atoms with E-state index in [0.29, 0.717) is 27.9 Å². The molecule has 2 aromatic carbocycles. The van der Waals surface area contributed by atoms with Crippen LogP contribution in [0.5, 0.6) is 11.5 Å². The van der Waals surface area contributed by atoms with Gasteiger partial charge in [-0.1, -0.05) is 29.5 Å². The number of rotatable bonds is 9. The summed E-state index contributed by atoms with van der Waals surface area (Å²) >= 11 is 1.30. The number of nitrogens with zero attached hydrogens (tertiary/aromatic N) is 3. The number of carbonyl (C=O) groups is 1. The van der Waals surface area contributed by atoms with Crippen LogP contribution >= 0.6 is 23.7 Å². The summed E-state index contributed by atoms with van der Waals surface area (Å²) in [5.74, 6) is 0.415. The smallest absolute Gasteiger partial charge is 0.266 e. The molecule has 0 fully saturated rings. The first kappa shape index (κ1) is 23.9. The van der Waals surface area contributed by atoms with E-state index in [0.717, 1.165) is 13.0 Å². The monoisotopic (exact) mass is 453 g/mol. The van der Waals surface area contributed by atoms with E-state index in [1.807, 2.05) is 31.1 Å². The number of thiazole rings is 1. The first-order valence-corrected chi connectivity index (χ1v) is 10.1. The molecule has 0 unspecified atom stereocenters. The predicted octanol–water partition coefficient (Wildman–Crippen LogP) is 4.23. The normalized spacial score (nSPS) is 10.7. The molecular weight excluding hydrogens is 429 g/mol. The number of halogens is 2. The van der Waals surface area contributed by atoms with E-state index in [9.17, 15) is 9.18 Å². The van der Waals surface area contributed by atoms with Crippen molar-refractivity contribution in [2.75, 3.05) is 45.8 Å². The summed E-state index contributed by atoms with van der Waals surface area (Å²) in [6, 6.07) is 12.0. The van der Waals surface area contributed by atoms with Gasteiger partial charge in [0.15, 0.2) is 23.2 Å². The fourth-order valence-corrected chi connectivity index (χ4v) is 3.87. The van der Waals surface area contributed by atoms with Crippen LogP contribution in [-0.2, 0) is 4.79 Å². The fourth-order valence-electron chi connectivity index (χ4n) is 2.85. The van der Waals surface area contributed by atoms with Gasteiger partial charge in [0.25, 0.3) is 5.91 Å². The van der Waals surface area contributed by atoms with E-state index in [1.165, 1.54) is 17.4 Å². The lowest BCUT2D eigenvalue weighted by Gasteiger charge is -2.21. The maximum absolute atomic E-state index is 14.1. The molecule has 162 valence electrons. The van der Waals surface area contributed by atoms with E-state index in [1.54, 1.807) is 36.3 Å². The van der Waals surface area contributed by atoms with Crippen LogP contribution in [0.2, 0.25) is 0 Å². The molecule has 6 nitrogen and oxygen atoms in total. The van der Waals surface area contributed by atoms with Crippen LogP contribution < -0.4 is 14.4 Å². The Bertz CT molecular complexity index is 983. The standard InChI is InChI=1S/C21H24FN3O3S.ClH/c1-24(2)12-7-13-25(21-23-20-15(22)8-6-11-18(20)29-21)19(26)14-28-17-10-5-4-9-16(17)27-3;/h4-6,8-11H,7,12-14H2,1-3H3;1H. The van der Waals surface area contributed by atoms with Gasteiger partial charge in [0, 0.05) is 6.54 Å². The zero-order valence-corrected chi connectivity index (χ0v) is 18.8. The second-order valence-electron chi connectivity index (χ2n) is 6.72. The number of hydrogen-bond donors (Lipinski definition) is 0. The number of anilines is 1. The number of amides is 1. The van der Waals surface area contributed by atoms with Crippen molar-refractivity contribution in [2.24, 2.45) is 0 Å². The summed E-state index contributed by atoms with van der Waals surface area (Å²) in [6.07, 6.45) is 0.756. The minimum absolute atomic E-state index is 0. The number of benzene rings is 2. The molecule has 0 bridgehead atoms. The second-order valence-corrected chi connectivity index (χ2v) is 7.73. The average molecular weight is 454 g/mol. The van der Waals surface area contributed by atoms with E-state index < -0.39 is 5.82 Å². The number of hydrogen-bond acceptors (Lipinski definition) is 6. The van der Waals surface area contributed by atoms with Gasteiger partial charge in [0.05, 0.1) is 11.8 Å². The van der Waals surface area contributed by atoms with Crippen molar-refractivity contribution in [1.29, 1.82) is 0 Å². The lowest BCUT2D eigenvalue weighted by Crippen LogP contribution is -2.36. The number of aromatic nitrogens is 1. The van der Waals surface area contributed by atoms with Crippen molar-refractivity contribution in [2.45, 2.75) is 6.42 Å². The van der Waals surface area contributed by atoms with Gasteiger partial charge in [-0.2, -0.15) is 0 Å². The summed E-state index contributed by atoms with van der Waals surface area (Å²) in [6.45, 7) is 1.12. The van der Waals surface area contributed by atoms with E-state index in [-0.39, 0.29) is 30.4 Å². The highest BCUT2D eigenvalue weighted by molar-refractivity contribution is 7.22. The van der Waals surface area contributed by atoms with Gasteiger partial charge in [-0.15, -0.1) is 12.4 Å². The highest BCUT2D eigenvalue weighted by Crippen LogP contribution is 2.31. The highest BCUT2D eigenvalue weighted by Gasteiger charge is 2.21. The zero-order chi connectivity index (χ0) is 20.8. The molecule has 0 atom stereocenters. The van der Waals surface area contributed by atoms with Gasteiger partial charge in [-0.3, -0.25) is 9.69 Å². The van der Waals surface area contributed by atoms with Crippen molar-refractivity contribution in [3.63, 3.8) is 0 Å². The lowest BCUT2D eigenvalue weighted by atomic mass is 10.3. The van der Waals surface area contributed by atoms with Crippen LogP contribution in [0.4, 0.5) is 9.52 Å². The molecule has 30 heavy (non-hydrogen) atoms. The maximum Gasteiger partial charge on any atom is 0.266 e. The summed E-state index contributed by atoms with van der Waals surface area (Å²) in [7, 11) is 5.50. The SMILES string of the molecule is COc1ccccc1OCC(=O)N(CCCN(C)C)c1nc2c(F)cccc2s1.Cl. The Kier molecular flexibility index (Phi) is 8.83. The molecular formula is C21H25ClFN3O3S. The maximum atomic E-state index is 14.1. The third-order valence-electron chi connectivity index (χ3n) is 4.30. The minimum Gasteiger partial charge on any atom is -0.493 e. The molecule has 3 aromatic rings. The third kappa shape index (κ3) is 5.81. The number of methoxy groups -OCH3 is 1. The van der Waals surface area contributed by atoms with Crippen LogP contribution in [-0.4, -0.2) is 56.7 Å². The summed E-state index contributed by atoms with van der Waals surface area (Å²) in [4.78, 5) is 21.0. The minimum atomic E-state index is -0.393. The van der Waals surface area contributed by atoms with Gasteiger partial charge >= 0.3 is 0 Å². The molecule has 0 aliphatic rings. The van der Waals surface area contributed by atoms with Crippen molar-refractivity contribution in [3.8, 4) is 11.5 Å². The number of carbonyl (C=O) groups excluding carboxylic acids is 1. The summed E-state index contributed by atoms with van der Waals surface area (Å²) in [5.41, 5.74) is 0.281. The molecule has 1 heterocycles. The molecule has 1 amide bonds. The van der Waals surface area contributed by atoms with Gasteiger partial charge in [-0.25, -0.2) is 9.37 Å². The van der Waals surface area contributed by atoms with Gasteiger partial charge in [0.2, 0.25) is 0 Å². The largest absolute Gasteiger partial charge is 0.493 e. The van der Waals surface area contributed by atoms with Gasteiger partial charge in [0.1, 0.15) is 11.3 Å². The van der Waals surface area contributed by atoms with E-state index >= 15 is 0 Å². The molecule has 3 rings (SSSR count). The molecule has 0 aliphatic carbocycles. The molecule has 0 radical (unpaired) electrons. The molecule has 9 heteroatoms. The first-order valence-electron chi connectivity index (χ1n) is 9.25. The molecule has 0 aliphatic heterocycles. The highest BCUT2D eigenvalue weighted by atomic mass is 35.5. The van der Waals surface area contributed by atoms with Crippen LogP contribution in [0.25, 0.3) is 10.2 Å². The Morgan fingerprint density at radius 2 is 1.83 bits per heavy atom. The van der Waals surface area contributed by atoms with Crippen LogP contribution in [0, 0.1) is 5.82 Å². The number of para-hydroxylation sites is 3. The molecule has 0 N–H and O–H groups in total. The Labute approximate surface area is 185 Å². The Balaban J connectivity index is 0.00000320. The van der Waals surface area contributed by atoms with E-state index in [4.69, 9.17) is 9.47 Å². The molecule has 0 spiro atoms. The van der Waals surface area contributed by atoms with Crippen LogP contribution in [0.1, 0.15) is 6.42 Å². The Morgan fingerprint density at radius 3 is 2.50 bits per heavy atom. The first-order chi connectivity index (χ1) is 14.0. The Morgan fingerprint density at radius 1 is 1.10 bits per heavy atom. The molecule has 0 saturated carbocycles. The van der Waals surface area contributed by atoms with Gasteiger partial charge < -0.3 is 14.4 Å². The topological polar surface area (TPSA) is 54.9 Å². The second kappa shape index (κ2) is 11.1. The number of fused-ring (bicyclic) bond motifs is 1. The predicted molar refractivity (Wildman–Crippen MR) is 121 cm³/mol. The molecule has 1 aromatic heterocycles. The average Bonchev–Trinajstić information content (AvgIpc) is 3.14. The van der Waals surface area contributed by atoms with Crippen molar-refractivity contribution < 1.29 is 18.7 Å². The van der Waals surface area contributed by atoms with E-state index in [2.05, 4.69) is 4.98 Å². The fraction of sp³-hybridized carbons (Fsp3) is 0.333. The Hall–Kier alpha value is -2.42. The van der Waals surface area contributed by atoms with Gasteiger partial charge in [-0.05, 0) is 51.3 Å².